The van der Waals surface area contributed by atoms with Gasteiger partial charge in [0, 0.05) is 22.0 Å². The predicted molar refractivity (Wildman–Crippen MR) is 107 cm³/mol. The van der Waals surface area contributed by atoms with Gasteiger partial charge in [0.1, 0.15) is 17.4 Å². The zero-order valence-corrected chi connectivity index (χ0v) is 15.6. The van der Waals surface area contributed by atoms with Crippen LogP contribution in [0.15, 0.2) is 60.7 Å². The molecule has 146 valence electrons. The third-order valence-electron chi connectivity index (χ3n) is 4.25. The highest BCUT2D eigenvalue weighted by molar-refractivity contribution is 6.30. The molecule has 2 N–H and O–H groups in total. The zero-order chi connectivity index (χ0) is 20.4. The first kappa shape index (κ1) is 18.9. The van der Waals surface area contributed by atoms with Gasteiger partial charge in [-0.3, -0.25) is 9.89 Å². The van der Waals surface area contributed by atoms with Crippen molar-refractivity contribution in [1.29, 1.82) is 0 Å². The largest absolute Gasteiger partial charge is 0.484 e. The molecule has 0 saturated heterocycles. The molecule has 5 nitrogen and oxygen atoms in total. The minimum absolute atomic E-state index is 0.200. The Bertz CT molecular complexity index is 1190. The van der Waals surface area contributed by atoms with E-state index in [2.05, 4.69) is 15.5 Å². The Kier molecular flexibility index (Phi) is 5.14. The van der Waals surface area contributed by atoms with E-state index >= 15 is 0 Å². The van der Waals surface area contributed by atoms with Crippen LogP contribution in [0.4, 0.5) is 14.6 Å². The molecule has 0 spiro atoms. The number of nitrogens with one attached hydrogen (secondary N) is 2. The molecule has 0 saturated carbocycles. The van der Waals surface area contributed by atoms with E-state index in [0.717, 1.165) is 6.07 Å². The Morgan fingerprint density at radius 2 is 1.86 bits per heavy atom. The minimum atomic E-state index is -0.656. The van der Waals surface area contributed by atoms with Gasteiger partial charge in [-0.25, -0.2) is 8.78 Å². The number of hydrogen-bond donors (Lipinski definition) is 2. The number of amides is 1. The number of halogens is 3. The number of fused-ring (bicyclic) bond motifs is 1. The van der Waals surface area contributed by atoms with E-state index in [4.69, 9.17) is 16.3 Å². The van der Waals surface area contributed by atoms with Crippen LogP contribution < -0.4 is 10.1 Å². The van der Waals surface area contributed by atoms with Crippen LogP contribution in [0.25, 0.3) is 22.0 Å². The number of benzene rings is 3. The summed E-state index contributed by atoms with van der Waals surface area (Å²) in [6.45, 7) is -0.200. The van der Waals surface area contributed by atoms with Crippen molar-refractivity contribution in [2.24, 2.45) is 0 Å². The van der Waals surface area contributed by atoms with Gasteiger partial charge in [0.05, 0.1) is 5.52 Å². The topological polar surface area (TPSA) is 67.0 Å². The van der Waals surface area contributed by atoms with Gasteiger partial charge in [0.25, 0.3) is 5.91 Å². The summed E-state index contributed by atoms with van der Waals surface area (Å²) in [5.74, 6) is -0.836. The van der Waals surface area contributed by atoms with Crippen LogP contribution in [0, 0.1) is 11.6 Å². The van der Waals surface area contributed by atoms with Crippen molar-refractivity contribution >= 4 is 34.2 Å². The Balaban J connectivity index is 1.48. The maximum absolute atomic E-state index is 14.0. The number of aromatic amines is 1. The van der Waals surface area contributed by atoms with Crippen LogP contribution in [0.5, 0.6) is 5.75 Å². The third kappa shape index (κ3) is 4.20. The smallest absolute Gasteiger partial charge is 0.263 e. The Morgan fingerprint density at radius 3 is 2.62 bits per heavy atom. The normalized spacial score (nSPS) is 10.9. The summed E-state index contributed by atoms with van der Waals surface area (Å²) >= 11 is 5.81. The van der Waals surface area contributed by atoms with E-state index in [1.165, 1.54) is 12.1 Å². The molecule has 4 aromatic rings. The summed E-state index contributed by atoms with van der Waals surface area (Å²) in [5.41, 5.74) is 1.42. The molecular weight excluding hydrogens is 400 g/mol. The molecule has 0 atom stereocenters. The first-order valence-corrected chi connectivity index (χ1v) is 8.99. The Hall–Kier alpha value is -3.45. The molecule has 0 aliphatic heterocycles. The Morgan fingerprint density at radius 1 is 1.07 bits per heavy atom. The molecule has 1 amide bonds. The van der Waals surface area contributed by atoms with Crippen LogP contribution >= 0.6 is 11.6 Å². The van der Waals surface area contributed by atoms with E-state index in [0.29, 0.717) is 33.1 Å². The zero-order valence-electron chi connectivity index (χ0n) is 14.9. The van der Waals surface area contributed by atoms with E-state index < -0.39 is 11.6 Å². The summed E-state index contributed by atoms with van der Waals surface area (Å²) in [4.78, 5) is 12.2. The van der Waals surface area contributed by atoms with E-state index in [9.17, 15) is 13.6 Å². The maximum Gasteiger partial charge on any atom is 0.263 e. The molecule has 29 heavy (non-hydrogen) atoms. The summed E-state index contributed by atoms with van der Waals surface area (Å²) < 4.78 is 32.5. The summed E-state index contributed by atoms with van der Waals surface area (Å²) in [6.07, 6.45) is 0. The lowest BCUT2D eigenvalue weighted by Gasteiger charge is -2.07. The van der Waals surface area contributed by atoms with Crippen LogP contribution in [0.1, 0.15) is 0 Å². The second-order valence-corrected chi connectivity index (χ2v) is 6.68. The quantitative estimate of drug-likeness (QED) is 0.474. The van der Waals surface area contributed by atoms with Crippen molar-refractivity contribution in [3.05, 3.63) is 77.3 Å². The lowest BCUT2D eigenvalue weighted by Crippen LogP contribution is -2.20. The van der Waals surface area contributed by atoms with Crippen molar-refractivity contribution in [3.63, 3.8) is 0 Å². The molecule has 4 rings (SSSR count). The predicted octanol–water partition coefficient (Wildman–Crippen LogP) is 5.18. The number of hydrogen-bond acceptors (Lipinski definition) is 3. The number of H-pyrrole nitrogens is 1. The third-order valence-corrected chi connectivity index (χ3v) is 4.50. The SMILES string of the molecule is O=C(COc1ccc(Cl)cc1)Nc1n[nH]c2cc(-c3ccc(F)cc3F)ccc12. The van der Waals surface area contributed by atoms with Crippen LogP contribution in [-0.2, 0) is 4.79 Å². The van der Waals surface area contributed by atoms with Crippen LogP contribution in [-0.4, -0.2) is 22.7 Å². The highest BCUT2D eigenvalue weighted by Gasteiger charge is 2.13. The molecule has 1 heterocycles. The standard InChI is InChI=1S/C21H14ClF2N3O2/c22-13-2-5-15(6-3-13)29-11-20(28)25-21-17-7-1-12(9-19(17)26-27-21)16-8-4-14(23)10-18(16)24/h1-10H,11H2,(H2,25,26,27,28). The molecular formula is C21H14ClF2N3O2. The second-order valence-electron chi connectivity index (χ2n) is 6.25. The van der Waals surface area contributed by atoms with Crippen molar-refractivity contribution in [3.8, 4) is 16.9 Å². The van der Waals surface area contributed by atoms with E-state index in [1.807, 2.05) is 0 Å². The van der Waals surface area contributed by atoms with Gasteiger partial charge < -0.3 is 10.1 Å². The van der Waals surface area contributed by atoms with Crippen molar-refractivity contribution < 1.29 is 18.3 Å². The molecule has 8 heteroatoms. The molecule has 0 unspecified atom stereocenters. The number of rotatable bonds is 5. The van der Waals surface area contributed by atoms with Gasteiger partial charge >= 0.3 is 0 Å². The number of carbonyl (C=O) groups is 1. The van der Waals surface area contributed by atoms with Gasteiger partial charge in [-0.05, 0) is 54.1 Å². The highest BCUT2D eigenvalue weighted by Crippen LogP contribution is 2.29. The van der Waals surface area contributed by atoms with Crippen molar-refractivity contribution in [2.45, 2.75) is 0 Å². The monoisotopic (exact) mass is 413 g/mol. The molecule has 3 aromatic carbocycles. The minimum Gasteiger partial charge on any atom is -0.484 e. The van der Waals surface area contributed by atoms with Gasteiger partial charge in [0.15, 0.2) is 12.4 Å². The van der Waals surface area contributed by atoms with Gasteiger partial charge in [0.2, 0.25) is 0 Å². The average Bonchev–Trinajstić information content (AvgIpc) is 3.09. The first-order chi connectivity index (χ1) is 14.0. The molecule has 0 aliphatic carbocycles. The number of nitrogens with zero attached hydrogens (tertiary/aromatic N) is 1. The number of ether oxygens (including phenoxy) is 1. The summed E-state index contributed by atoms with van der Waals surface area (Å²) in [5, 5.41) is 10.8. The van der Waals surface area contributed by atoms with Crippen LogP contribution in [0.2, 0.25) is 5.02 Å². The number of carbonyl (C=O) groups excluding carboxylic acids is 1. The average molecular weight is 414 g/mol. The lowest BCUT2D eigenvalue weighted by atomic mass is 10.0. The number of aromatic nitrogens is 2. The number of anilines is 1. The molecule has 0 aliphatic rings. The highest BCUT2D eigenvalue weighted by atomic mass is 35.5. The van der Waals surface area contributed by atoms with Gasteiger partial charge in [-0.2, -0.15) is 5.10 Å². The van der Waals surface area contributed by atoms with Crippen molar-refractivity contribution in [1.82, 2.24) is 10.2 Å². The van der Waals surface area contributed by atoms with E-state index in [1.54, 1.807) is 42.5 Å². The molecule has 0 bridgehead atoms. The second kappa shape index (κ2) is 7.89. The van der Waals surface area contributed by atoms with Crippen molar-refractivity contribution in [2.75, 3.05) is 11.9 Å². The van der Waals surface area contributed by atoms with Gasteiger partial charge in [-0.15, -0.1) is 0 Å². The molecule has 0 radical (unpaired) electrons. The summed E-state index contributed by atoms with van der Waals surface area (Å²) in [6, 6.07) is 15.1. The molecule has 1 aromatic heterocycles. The summed E-state index contributed by atoms with van der Waals surface area (Å²) in [7, 11) is 0. The van der Waals surface area contributed by atoms with Gasteiger partial charge in [-0.1, -0.05) is 17.7 Å². The fourth-order valence-electron chi connectivity index (χ4n) is 2.85. The molecule has 0 fully saturated rings. The first-order valence-electron chi connectivity index (χ1n) is 8.61. The Labute approximate surface area is 169 Å². The van der Waals surface area contributed by atoms with Crippen LogP contribution in [0.3, 0.4) is 0 Å². The lowest BCUT2D eigenvalue weighted by molar-refractivity contribution is -0.118. The fourth-order valence-corrected chi connectivity index (χ4v) is 2.98. The van der Waals surface area contributed by atoms with E-state index in [-0.39, 0.29) is 18.1 Å². The fraction of sp³-hybridized carbons (Fsp3) is 0.0476. The maximum atomic E-state index is 14.0.